The van der Waals surface area contributed by atoms with Crippen molar-refractivity contribution < 1.29 is 18.5 Å². The molecule has 1 aliphatic rings. The van der Waals surface area contributed by atoms with Crippen molar-refractivity contribution in [1.82, 2.24) is 9.29 Å². The summed E-state index contributed by atoms with van der Waals surface area (Å²) in [5, 5.41) is 9.59. The van der Waals surface area contributed by atoms with Gasteiger partial charge in [0, 0.05) is 16.0 Å². The van der Waals surface area contributed by atoms with Gasteiger partial charge in [0.1, 0.15) is 6.26 Å². The maximum absolute atomic E-state index is 13.6. The van der Waals surface area contributed by atoms with E-state index in [0.29, 0.717) is 9.92 Å². The van der Waals surface area contributed by atoms with Crippen LogP contribution >= 0.6 is 11.6 Å². The molecule has 0 amide bonds. The van der Waals surface area contributed by atoms with Crippen LogP contribution in [0.4, 0.5) is 0 Å². The molecule has 1 atom stereocenters. The first-order valence-corrected chi connectivity index (χ1v) is 9.85. The number of aromatic nitrogens is 1. The largest absolute Gasteiger partial charge is 0.476 e. The summed E-state index contributed by atoms with van der Waals surface area (Å²) in [7, 11) is -2.79. The minimum absolute atomic E-state index is 0.112. The molecule has 6 nitrogen and oxygen atoms in total. The Bertz CT molecular complexity index is 932. The fourth-order valence-electron chi connectivity index (χ4n) is 2.68. The molecule has 1 saturated carbocycles. The van der Waals surface area contributed by atoms with E-state index in [9.17, 15) is 9.00 Å². The van der Waals surface area contributed by atoms with Gasteiger partial charge in [-0.25, -0.2) is 18.3 Å². The van der Waals surface area contributed by atoms with Crippen molar-refractivity contribution in [3.8, 4) is 0 Å². The summed E-state index contributed by atoms with van der Waals surface area (Å²) in [6.07, 6.45) is 2.90. The molecular weight excluding hydrogens is 364 g/mol. The highest BCUT2D eigenvalue weighted by Crippen LogP contribution is 2.35. The zero-order chi connectivity index (χ0) is 18.4. The Morgan fingerprint density at radius 1 is 1.44 bits per heavy atom. The van der Waals surface area contributed by atoms with E-state index in [0.717, 1.165) is 30.2 Å². The lowest BCUT2D eigenvalue weighted by Gasteiger charge is -2.26. The Labute approximate surface area is 151 Å². The molecule has 0 radical (unpaired) electrons. The monoisotopic (exact) mass is 382 g/mol. The van der Waals surface area contributed by atoms with Crippen LogP contribution in [-0.2, 0) is 16.3 Å². The fourth-order valence-corrected chi connectivity index (χ4v) is 5.08. The van der Waals surface area contributed by atoms with E-state index < -0.39 is 15.7 Å². The highest BCUT2D eigenvalue weighted by atomic mass is 35.5. The molecule has 134 valence electrons. The molecule has 1 heterocycles. The average molecular weight is 383 g/mol. The number of nitrogens with zero attached hydrogens (tertiary/aromatic N) is 2. The van der Waals surface area contributed by atoms with E-state index in [1.807, 2.05) is 13.8 Å². The van der Waals surface area contributed by atoms with Crippen LogP contribution < -0.4 is 0 Å². The van der Waals surface area contributed by atoms with Gasteiger partial charge in [-0.2, -0.15) is 0 Å². The number of halogens is 1. The number of aryl methyl sites for hydroxylation is 2. The van der Waals surface area contributed by atoms with Crippen molar-refractivity contribution in [2.45, 2.75) is 44.2 Å². The number of rotatable bonds is 6. The summed E-state index contributed by atoms with van der Waals surface area (Å²) in [6.45, 7) is 3.85. The lowest BCUT2D eigenvalue weighted by Crippen LogP contribution is -2.33. The van der Waals surface area contributed by atoms with Gasteiger partial charge < -0.3 is 9.52 Å². The number of aromatic carboxylic acids is 1. The minimum Gasteiger partial charge on any atom is -0.476 e. The van der Waals surface area contributed by atoms with Gasteiger partial charge in [-0.1, -0.05) is 11.6 Å². The van der Waals surface area contributed by atoms with Gasteiger partial charge in [0.15, 0.2) is 5.69 Å². The van der Waals surface area contributed by atoms with Gasteiger partial charge in [-0.15, -0.1) is 0 Å². The van der Waals surface area contributed by atoms with Gasteiger partial charge >= 0.3 is 5.97 Å². The van der Waals surface area contributed by atoms with E-state index in [1.54, 1.807) is 16.4 Å². The fraction of sp³-hybridized carbons (Fsp3) is 0.353. The molecular formula is C17H19ClN2O4S. The first-order valence-electron chi connectivity index (χ1n) is 7.78. The van der Waals surface area contributed by atoms with E-state index in [2.05, 4.69) is 10.9 Å². The Morgan fingerprint density at radius 2 is 2.12 bits per heavy atom. The van der Waals surface area contributed by atoms with Crippen molar-refractivity contribution >= 4 is 33.1 Å². The summed E-state index contributed by atoms with van der Waals surface area (Å²) in [4.78, 5) is 15.5. The van der Waals surface area contributed by atoms with Gasteiger partial charge in [0.2, 0.25) is 5.89 Å². The molecule has 0 aliphatic heterocycles. The van der Waals surface area contributed by atoms with Gasteiger partial charge in [0.25, 0.3) is 0 Å². The smallest absolute Gasteiger partial charge is 0.357 e. The molecule has 0 spiro atoms. The normalized spacial score (nSPS) is 16.8. The summed E-state index contributed by atoms with van der Waals surface area (Å²) in [5.41, 5.74) is 1.47. The summed E-state index contributed by atoms with van der Waals surface area (Å²) in [5.74, 6) is 3.05. The maximum Gasteiger partial charge on any atom is 0.357 e. The summed E-state index contributed by atoms with van der Waals surface area (Å²) < 4.78 is 20.6. The Hall–Kier alpha value is -1.83. The summed E-state index contributed by atoms with van der Waals surface area (Å²) >= 11 is 6.15. The van der Waals surface area contributed by atoms with Crippen molar-refractivity contribution in [3.05, 3.63) is 46.1 Å². The van der Waals surface area contributed by atoms with Crippen molar-refractivity contribution in [2.24, 2.45) is 0 Å². The molecule has 25 heavy (non-hydrogen) atoms. The van der Waals surface area contributed by atoms with Crippen LogP contribution in [0.15, 0.2) is 27.7 Å². The highest BCUT2D eigenvalue weighted by Gasteiger charge is 2.36. The number of hydrogen-bond donors (Lipinski definition) is 1. The number of carboxylic acid groups (broad SMARTS) is 1. The first-order chi connectivity index (χ1) is 11.7. The van der Waals surface area contributed by atoms with Crippen LogP contribution in [-0.4, -0.2) is 36.5 Å². The number of oxazole rings is 1. The minimum atomic E-state index is -2.79. The van der Waals surface area contributed by atoms with Gasteiger partial charge in [0.05, 0.1) is 16.3 Å². The van der Waals surface area contributed by atoms with E-state index in [1.165, 1.54) is 0 Å². The van der Waals surface area contributed by atoms with Crippen molar-refractivity contribution in [3.63, 3.8) is 0 Å². The standard InChI is InChI=1S/C17H19ClN2O4S/c1-10-7-15(11(2)6-13(10)18)25(3,23)20(12-4-5-12)8-16-19-14(9-24-16)17(21)22/h6-7,9,12H,3-5,8H2,1-2H3,(H,21,22). The van der Waals surface area contributed by atoms with E-state index >= 15 is 0 Å². The van der Waals surface area contributed by atoms with Crippen molar-refractivity contribution in [2.75, 3.05) is 0 Å². The lowest BCUT2D eigenvalue weighted by atomic mass is 10.2. The number of benzene rings is 1. The second-order valence-electron chi connectivity index (χ2n) is 6.25. The average Bonchev–Trinajstić information content (AvgIpc) is 3.25. The maximum atomic E-state index is 13.6. The molecule has 1 fully saturated rings. The number of carbonyl (C=O) groups is 1. The molecule has 1 N–H and O–H groups in total. The van der Waals surface area contributed by atoms with Crippen LogP contribution in [0.2, 0.25) is 5.02 Å². The molecule has 0 saturated heterocycles. The zero-order valence-electron chi connectivity index (χ0n) is 14.0. The van der Waals surface area contributed by atoms with Crippen LogP contribution in [0.3, 0.4) is 0 Å². The lowest BCUT2D eigenvalue weighted by molar-refractivity contribution is 0.0690. The number of hydrogen-bond acceptors (Lipinski definition) is 4. The SMILES string of the molecule is C=S(=O)(c1cc(C)c(Cl)cc1C)N(Cc1nc(C(=O)O)co1)C1CC1. The van der Waals surface area contributed by atoms with Gasteiger partial charge in [-0.3, -0.25) is 0 Å². The Morgan fingerprint density at radius 3 is 2.68 bits per heavy atom. The third-order valence-electron chi connectivity index (χ3n) is 4.19. The van der Waals surface area contributed by atoms with Crippen LogP contribution in [0.1, 0.15) is 40.3 Å². The molecule has 1 unspecified atom stereocenters. The predicted octanol–water partition coefficient (Wildman–Crippen LogP) is 3.30. The number of carboxylic acids is 1. The molecule has 2 aromatic rings. The van der Waals surface area contributed by atoms with Crippen LogP contribution in [0.5, 0.6) is 0 Å². The molecule has 8 heteroatoms. The van der Waals surface area contributed by atoms with E-state index in [4.69, 9.17) is 21.1 Å². The quantitative estimate of drug-likeness (QED) is 0.775. The molecule has 0 bridgehead atoms. The van der Waals surface area contributed by atoms with Gasteiger partial charge in [-0.05, 0) is 55.8 Å². The first kappa shape index (κ1) is 18.0. The molecule has 1 aromatic heterocycles. The zero-order valence-corrected chi connectivity index (χ0v) is 15.6. The second kappa shape index (κ2) is 6.48. The summed E-state index contributed by atoms with van der Waals surface area (Å²) in [6, 6.07) is 3.71. The molecule has 3 rings (SSSR count). The highest BCUT2D eigenvalue weighted by molar-refractivity contribution is 7.98. The Balaban J connectivity index is 1.97. The van der Waals surface area contributed by atoms with E-state index in [-0.39, 0.29) is 24.2 Å². The third-order valence-corrected chi connectivity index (χ3v) is 6.91. The molecule has 1 aromatic carbocycles. The Kier molecular flexibility index (Phi) is 4.66. The predicted molar refractivity (Wildman–Crippen MR) is 96.5 cm³/mol. The van der Waals surface area contributed by atoms with Crippen molar-refractivity contribution in [1.29, 1.82) is 0 Å². The topological polar surface area (TPSA) is 83.6 Å². The molecule has 1 aliphatic carbocycles. The second-order valence-corrected chi connectivity index (χ2v) is 8.84. The third kappa shape index (κ3) is 3.58. The van der Waals surface area contributed by atoms with Crippen LogP contribution in [0, 0.1) is 13.8 Å². The van der Waals surface area contributed by atoms with Crippen LogP contribution in [0.25, 0.3) is 0 Å².